The van der Waals surface area contributed by atoms with Gasteiger partial charge in [0.15, 0.2) is 0 Å². The van der Waals surface area contributed by atoms with Gasteiger partial charge in [0.1, 0.15) is 10.9 Å². The molecule has 3 saturated carbocycles. The number of nitrogens with zero attached hydrogens (tertiary/aromatic N) is 2. The molecule has 2 bridgehead atoms. The van der Waals surface area contributed by atoms with Gasteiger partial charge in [-0.05, 0) is 87.4 Å². The Balaban J connectivity index is 1.58. The van der Waals surface area contributed by atoms with Gasteiger partial charge in [-0.15, -0.1) is 0 Å². The minimum Gasteiger partial charge on any atom is -0.404 e. The van der Waals surface area contributed by atoms with Crippen molar-refractivity contribution in [2.24, 2.45) is 33.9 Å². The number of carbonyl (C=O) groups is 2. The third-order valence-electron chi connectivity index (χ3n) is 10.4. The first-order valence-electron chi connectivity index (χ1n) is 17.6. The largest absolute Gasteiger partial charge is 0.481 e. The van der Waals surface area contributed by atoms with Gasteiger partial charge in [0.25, 0.3) is 5.96 Å². The van der Waals surface area contributed by atoms with Crippen molar-refractivity contribution in [3.63, 3.8) is 0 Å². The normalized spacial score (nSPS) is 25.9. The summed E-state index contributed by atoms with van der Waals surface area (Å²) < 4.78 is 38.8. The molecule has 1 saturated heterocycles. The van der Waals surface area contributed by atoms with Crippen LogP contribution >= 0.6 is 0 Å². The van der Waals surface area contributed by atoms with E-state index in [0.717, 1.165) is 38.5 Å². The number of sulfonamides is 1. The number of nitrogens with one attached hydrogen (secondary N) is 4. The van der Waals surface area contributed by atoms with Crippen LogP contribution in [-0.2, 0) is 28.9 Å². The second kappa shape index (κ2) is 17.4. The van der Waals surface area contributed by atoms with Crippen LogP contribution in [0.3, 0.4) is 0 Å². The lowest BCUT2D eigenvalue weighted by Crippen LogP contribution is -2.65. The Labute approximate surface area is 286 Å². The minimum absolute atomic E-state index is 0.0251. The van der Waals surface area contributed by atoms with Gasteiger partial charge in [-0.25, -0.2) is 23.3 Å². The summed E-state index contributed by atoms with van der Waals surface area (Å²) in [6, 6.07) is -0.844. The maximum atomic E-state index is 13.8. The molecule has 1 aliphatic heterocycles. The van der Waals surface area contributed by atoms with E-state index in [0.29, 0.717) is 37.6 Å². The maximum Gasteiger partial charge on any atom is 0.481 e. The van der Waals surface area contributed by atoms with E-state index in [1.807, 2.05) is 5.43 Å². The summed E-state index contributed by atoms with van der Waals surface area (Å²) in [5.74, 6) is 0.0306. The summed E-state index contributed by atoms with van der Waals surface area (Å²) in [7, 11) is -3.78. The van der Waals surface area contributed by atoms with E-state index in [-0.39, 0.29) is 60.4 Å². The van der Waals surface area contributed by atoms with Gasteiger partial charge in [-0.3, -0.25) is 9.59 Å². The summed E-state index contributed by atoms with van der Waals surface area (Å²) in [6.45, 7) is 13.1. The molecule has 17 heteroatoms. The fraction of sp³-hybridized carbons (Fsp3) is 0.903. The number of hydrogen-bond donors (Lipinski definition) is 6. The quantitative estimate of drug-likeness (QED) is 0.0338. The molecule has 4 fully saturated rings. The number of guanidine groups is 1. The SMILES string of the molecule is CCS(=O)(=O)NCCCCCCCC(=O)N[C@@H](CCCN=C(N)N[N+](=O)O)C(=O)N[C@@H](CC(C)C)B1O[C@@H]2C[C@@H]3C[C@@H](C3(C)C)[C@]2(C)O1. The third kappa shape index (κ3) is 11.0. The molecule has 4 aliphatic rings. The molecule has 1 heterocycles. The van der Waals surface area contributed by atoms with Crippen LogP contribution in [0.1, 0.15) is 112 Å². The first-order chi connectivity index (χ1) is 22.5. The van der Waals surface area contributed by atoms with E-state index in [2.05, 4.69) is 55.0 Å². The number of carbonyl (C=O) groups excluding carboxylic acids is 2. The second-order valence-corrected chi connectivity index (χ2v) is 16.9. The lowest BCUT2D eigenvalue weighted by molar-refractivity contribution is -0.822. The van der Waals surface area contributed by atoms with E-state index < -0.39 is 39.8 Å². The first kappa shape index (κ1) is 39.9. The van der Waals surface area contributed by atoms with Crippen molar-refractivity contribution in [1.82, 2.24) is 20.8 Å². The first-order valence-corrected chi connectivity index (χ1v) is 19.3. The van der Waals surface area contributed by atoms with Crippen molar-refractivity contribution in [2.75, 3.05) is 18.8 Å². The Hall–Kier alpha value is -2.50. The fourth-order valence-corrected chi connectivity index (χ4v) is 8.19. The molecule has 4 rings (SSSR count). The smallest absolute Gasteiger partial charge is 0.404 e. The number of unbranched alkanes of at least 4 members (excludes halogenated alkanes) is 4. The van der Waals surface area contributed by atoms with Gasteiger partial charge in [-0.1, -0.05) is 47.0 Å². The molecule has 2 amide bonds. The minimum atomic E-state index is -3.19. The van der Waals surface area contributed by atoms with Crippen molar-refractivity contribution >= 4 is 34.9 Å². The molecule has 0 unspecified atom stereocenters. The van der Waals surface area contributed by atoms with Crippen LogP contribution in [0, 0.1) is 28.1 Å². The van der Waals surface area contributed by atoms with E-state index in [1.165, 1.54) is 0 Å². The number of nitrogens with two attached hydrogens (primary N) is 1. The van der Waals surface area contributed by atoms with E-state index in [9.17, 15) is 22.9 Å². The lowest BCUT2D eigenvalue weighted by Gasteiger charge is -2.64. The highest BCUT2D eigenvalue weighted by Gasteiger charge is 2.68. The molecule has 0 spiro atoms. The van der Waals surface area contributed by atoms with Gasteiger partial charge in [0.2, 0.25) is 21.8 Å². The molecule has 7 N–H and O–H groups in total. The van der Waals surface area contributed by atoms with Crippen LogP contribution in [0.2, 0.25) is 0 Å². The zero-order valence-electron chi connectivity index (χ0n) is 29.6. The Morgan fingerprint density at radius 1 is 1.08 bits per heavy atom. The van der Waals surface area contributed by atoms with Gasteiger partial charge in [0.05, 0.1) is 23.4 Å². The second-order valence-electron chi connectivity index (χ2n) is 14.8. The summed E-state index contributed by atoms with van der Waals surface area (Å²) in [5, 5.41) is 14.2. The monoisotopic (exact) mass is 700 g/mol. The van der Waals surface area contributed by atoms with Crippen LogP contribution in [0.15, 0.2) is 4.99 Å². The van der Waals surface area contributed by atoms with Crippen LogP contribution in [0.4, 0.5) is 0 Å². The van der Waals surface area contributed by atoms with Crippen molar-refractivity contribution in [3.8, 4) is 0 Å². The third-order valence-corrected chi connectivity index (χ3v) is 11.8. The molecule has 48 heavy (non-hydrogen) atoms. The predicted molar refractivity (Wildman–Crippen MR) is 183 cm³/mol. The van der Waals surface area contributed by atoms with Crippen molar-refractivity contribution < 1.29 is 37.6 Å². The lowest BCUT2D eigenvalue weighted by atomic mass is 9.43. The van der Waals surface area contributed by atoms with Crippen LogP contribution < -0.4 is 26.5 Å². The molecule has 3 aliphatic carbocycles. The van der Waals surface area contributed by atoms with E-state index >= 15 is 0 Å². The van der Waals surface area contributed by atoms with Crippen molar-refractivity contribution in [1.29, 1.82) is 0 Å². The number of amides is 2. The number of rotatable bonds is 21. The van der Waals surface area contributed by atoms with Crippen LogP contribution in [0.25, 0.3) is 0 Å². The number of hydrazine groups is 1. The molecule has 0 aromatic rings. The van der Waals surface area contributed by atoms with E-state index in [1.54, 1.807) is 6.92 Å². The van der Waals surface area contributed by atoms with Gasteiger partial charge >= 0.3 is 12.2 Å². The highest BCUT2D eigenvalue weighted by molar-refractivity contribution is 7.89. The fourth-order valence-electron chi connectivity index (χ4n) is 7.53. The van der Waals surface area contributed by atoms with Crippen molar-refractivity contribution in [3.05, 3.63) is 4.91 Å². The average molecular weight is 701 g/mol. The molecular formula is C31H59BN7O8S+. The standard InChI is InChI=1S/C31H58BN7O8S/c1-7-48(44,45)35-17-12-10-8-9-11-15-27(40)36-23(14-13-16-34-29(33)38-39(42)43)28(41)37-26(18-21(2)3)32-46-25-20-22-19-24(30(22,4)5)31(25,6)47-32/h21-26,35H,7-20H2,1-6H3,(H5-,33,34,36,37,38,40,41,42,43)/p+1/t22-,23-,24-,25+,26-,31-/m0/s1. The molecular weight excluding hydrogens is 641 g/mol. The summed E-state index contributed by atoms with van der Waals surface area (Å²) in [4.78, 5) is 41.5. The molecule has 0 radical (unpaired) electrons. The highest BCUT2D eigenvalue weighted by Crippen LogP contribution is 2.65. The van der Waals surface area contributed by atoms with E-state index in [4.69, 9.17) is 20.2 Å². The molecule has 274 valence electrons. The van der Waals surface area contributed by atoms with Crippen molar-refractivity contribution in [2.45, 2.75) is 136 Å². The summed E-state index contributed by atoms with van der Waals surface area (Å²) in [5.41, 5.74) is 7.24. The van der Waals surface area contributed by atoms with Crippen LogP contribution in [0.5, 0.6) is 0 Å². The average Bonchev–Trinajstić information content (AvgIpc) is 3.36. The summed E-state index contributed by atoms with van der Waals surface area (Å²) in [6.07, 6.45) is 7.44. The van der Waals surface area contributed by atoms with Gasteiger partial charge in [-0.2, -0.15) is 0 Å². The topological polar surface area (TPSA) is 214 Å². The zero-order chi connectivity index (χ0) is 35.7. The maximum absolute atomic E-state index is 13.8. The number of hydrogen-bond acceptors (Lipinski definition) is 8. The predicted octanol–water partition coefficient (Wildman–Crippen LogP) is 2.32. The van der Waals surface area contributed by atoms with Gasteiger partial charge < -0.3 is 25.7 Å². The Morgan fingerprint density at radius 2 is 1.77 bits per heavy atom. The number of aliphatic imine (C=N–C) groups is 1. The summed E-state index contributed by atoms with van der Waals surface area (Å²) >= 11 is 0. The Morgan fingerprint density at radius 3 is 2.42 bits per heavy atom. The zero-order valence-corrected chi connectivity index (χ0v) is 30.4. The Bertz CT molecular complexity index is 1250. The molecule has 0 aromatic heterocycles. The Kier molecular flexibility index (Phi) is 14.5. The highest BCUT2D eigenvalue weighted by atomic mass is 32.2. The van der Waals surface area contributed by atoms with Crippen LogP contribution in [-0.4, -0.2) is 86.1 Å². The molecule has 6 atom stereocenters. The molecule has 0 aromatic carbocycles. The molecule has 15 nitrogen and oxygen atoms in total. The van der Waals surface area contributed by atoms with Gasteiger partial charge in [0, 0.05) is 19.5 Å².